The minimum atomic E-state index is -0.517. The van der Waals surface area contributed by atoms with Gasteiger partial charge >= 0.3 is 0 Å². The molecule has 0 fully saturated rings. The number of Topliss-reactive ketones (excluding diaryl/α,β-unsaturated/α-hetero) is 1. The van der Waals surface area contributed by atoms with Crippen LogP contribution in [0.25, 0.3) is 0 Å². The highest BCUT2D eigenvalue weighted by molar-refractivity contribution is 6.09. The van der Waals surface area contributed by atoms with Crippen molar-refractivity contribution >= 4 is 11.7 Å². The number of benzene rings is 1. The second-order valence-corrected chi connectivity index (χ2v) is 3.48. The number of primary amides is 1. The highest BCUT2D eigenvalue weighted by Gasteiger charge is 2.22. The Morgan fingerprint density at radius 2 is 2.07 bits per heavy atom. The number of amides is 1. The molecule has 2 rings (SSSR count). The van der Waals surface area contributed by atoms with E-state index in [1.54, 1.807) is 12.1 Å². The van der Waals surface area contributed by atoms with Crippen molar-refractivity contribution in [1.82, 2.24) is 0 Å². The van der Waals surface area contributed by atoms with Gasteiger partial charge in [-0.3, -0.25) is 9.59 Å². The van der Waals surface area contributed by atoms with Crippen molar-refractivity contribution in [2.75, 3.05) is 0 Å². The Labute approximate surface area is 81.9 Å². The summed E-state index contributed by atoms with van der Waals surface area (Å²) in [4.78, 5) is 22.7. The maximum atomic E-state index is 11.6. The van der Waals surface area contributed by atoms with Crippen LogP contribution in [0.15, 0.2) is 18.2 Å². The van der Waals surface area contributed by atoms with E-state index in [0.717, 1.165) is 18.4 Å². The number of hydrogen-bond donors (Lipinski definition) is 1. The molecule has 0 aliphatic heterocycles. The third-order valence-electron chi connectivity index (χ3n) is 2.55. The SMILES string of the molecule is NC(=O)c1cccc2c1C(=O)CCC2. The third-order valence-corrected chi connectivity index (χ3v) is 2.55. The molecule has 1 aliphatic carbocycles. The molecule has 3 nitrogen and oxygen atoms in total. The van der Waals surface area contributed by atoms with Gasteiger partial charge in [0, 0.05) is 12.0 Å². The minimum absolute atomic E-state index is 0.0423. The van der Waals surface area contributed by atoms with Crippen molar-refractivity contribution < 1.29 is 9.59 Å². The van der Waals surface area contributed by atoms with Gasteiger partial charge in [0.05, 0.1) is 5.56 Å². The quantitative estimate of drug-likeness (QED) is 0.723. The van der Waals surface area contributed by atoms with Gasteiger partial charge in [-0.2, -0.15) is 0 Å². The van der Waals surface area contributed by atoms with Crippen LogP contribution in [0.1, 0.15) is 39.1 Å². The number of carbonyl (C=O) groups is 2. The maximum absolute atomic E-state index is 11.6. The smallest absolute Gasteiger partial charge is 0.249 e. The van der Waals surface area contributed by atoms with Crippen LogP contribution in [0.5, 0.6) is 0 Å². The van der Waals surface area contributed by atoms with Crippen molar-refractivity contribution in [1.29, 1.82) is 0 Å². The van der Waals surface area contributed by atoms with Crippen LogP contribution in [-0.2, 0) is 6.42 Å². The molecule has 1 aliphatic rings. The summed E-state index contributed by atoms with van der Waals surface area (Å²) >= 11 is 0. The predicted molar refractivity (Wildman–Crippen MR) is 52.2 cm³/mol. The van der Waals surface area contributed by atoms with Gasteiger partial charge in [0.15, 0.2) is 5.78 Å². The van der Waals surface area contributed by atoms with Crippen LogP contribution in [0.2, 0.25) is 0 Å². The van der Waals surface area contributed by atoms with Crippen LogP contribution >= 0.6 is 0 Å². The van der Waals surface area contributed by atoms with Crippen molar-refractivity contribution in [3.8, 4) is 0 Å². The van der Waals surface area contributed by atoms with Gasteiger partial charge in [0.2, 0.25) is 5.91 Å². The zero-order valence-corrected chi connectivity index (χ0v) is 7.75. The summed E-state index contributed by atoms with van der Waals surface area (Å²) in [5, 5.41) is 0. The molecular weight excluding hydrogens is 178 g/mol. The zero-order valence-electron chi connectivity index (χ0n) is 7.75. The minimum Gasteiger partial charge on any atom is -0.366 e. The van der Waals surface area contributed by atoms with Crippen LogP contribution in [0.4, 0.5) is 0 Å². The maximum Gasteiger partial charge on any atom is 0.249 e. The molecule has 0 radical (unpaired) electrons. The van der Waals surface area contributed by atoms with E-state index in [2.05, 4.69) is 0 Å². The van der Waals surface area contributed by atoms with Gasteiger partial charge in [-0.15, -0.1) is 0 Å². The lowest BCUT2D eigenvalue weighted by molar-refractivity contribution is 0.0949. The lowest BCUT2D eigenvalue weighted by Gasteiger charge is -2.16. The van der Waals surface area contributed by atoms with E-state index in [1.165, 1.54) is 0 Å². The first-order valence-corrected chi connectivity index (χ1v) is 4.65. The second kappa shape index (κ2) is 3.25. The monoisotopic (exact) mass is 189 g/mol. The standard InChI is InChI=1S/C11H11NO2/c12-11(14)8-5-1-3-7-4-2-6-9(13)10(7)8/h1,3,5H,2,4,6H2,(H2,12,14). The molecule has 0 aromatic heterocycles. The molecular formula is C11H11NO2. The summed E-state index contributed by atoms with van der Waals surface area (Å²) in [6, 6.07) is 5.28. The van der Waals surface area contributed by atoms with Gasteiger partial charge < -0.3 is 5.73 Å². The second-order valence-electron chi connectivity index (χ2n) is 3.48. The molecule has 72 valence electrons. The summed E-state index contributed by atoms with van der Waals surface area (Å²) in [7, 11) is 0. The first-order valence-electron chi connectivity index (χ1n) is 4.65. The normalized spacial score (nSPS) is 15.0. The van der Waals surface area contributed by atoms with Crippen LogP contribution in [0, 0.1) is 0 Å². The van der Waals surface area contributed by atoms with Gasteiger partial charge in [0.1, 0.15) is 0 Å². The van der Waals surface area contributed by atoms with E-state index in [9.17, 15) is 9.59 Å². The highest BCUT2D eigenvalue weighted by atomic mass is 16.1. The summed E-state index contributed by atoms with van der Waals surface area (Å²) in [5.74, 6) is -0.474. The van der Waals surface area contributed by atoms with E-state index in [4.69, 9.17) is 5.73 Å². The molecule has 14 heavy (non-hydrogen) atoms. The lowest BCUT2D eigenvalue weighted by atomic mass is 9.87. The van der Waals surface area contributed by atoms with Crippen molar-refractivity contribution in [3.05, 3.63) is 34.9 Å². The Kier molecular flexibility index (Phi) is 2.08. The van der Waals surface area contributed by atoms with Crippen LogP contribution in [-0.4, -0.2) is 11.7 Å². The molecule has 0 saturated carbocycles. The molecule has 0 heterocycles. The van der Waals surface area contributed by atoms with Crippen LogP contribution < -0.4 is 5.73 Å². The van der Waals surface area contributed by atoms with Gasteiger partial charge in [-0.1, -0.05) is 12.1 Å². The first kappa shape index (κ1) is 8.94. The number of ketones is 1. The molecule has 0 saturated heterocycles. The number of nitrogens with two attached hydrogens (primary N) is 1. The topological polar surface area (TPSA) is 60.2 Å². The molecule has 0 unspecified atom stereocenters. The molecule has 1 aromatic carbocycles. The Morgan fingerprint density at radius 3 is 2.79 bits per heavy atom. The number of fused-ring (bicyclic) bond motifs is 1. The van der Waals surface area contributed by atoms with E-state index < -0.39 is 5.91 Å². The fraction of sp³-hybridized carbons (Fsp3) is 0.273. The van der Waals surface area contributed by atoms with E-state index >= 15 is 0 Å². The number of carbonyl (C=O) groups excluding carboxylic acids is 2. The molecule has 2 N–H and O–H groups in total. The first-order chi connectivity index (χ1) is 6.70. The molecule has 0 bridgehead atoms. The Morgan fingerprint density at radius 1 is 1.29 bits per heavy atom. The summed E-state index contributed by atoms with van der Waals surface area (Å²) < 4.78 is 0. The van der Waals surface area contributed by atoms with Crippen molar-refractivity contribution in [2.45, 2.75) is 19.3 Å². The molecule has 1 amide bonds. The highest BCUT2D eigenvalue weighted by Crippen LogP contribution is 2.24. The molecule has 1 aromatic rings. The van der Waals surface area contributed by atoms with Crippen LogP contribution in [0.3, 0.4) is 0 Å². The van der Waals surface area contributed by atoms with Gasteiger partial charge in [-0.05, 0) is 24.5 Å². The Balaban J connectivity index is 2.63. The van der Waals surface area contributed by atoms with E-state index in [1.807, 2.05) is 6.07 Å². The molecule has 3 heteroatoms. The average molecular weight is 189 g/mol. The number of rotatable bonds is 1. The predicted octanol–water partition coefficient (Wildman–Crippen LogP) is 1.30. The van der Waals surface area contributed by atoms with Gasteiger partial charge in [-0.25, -0.2) is 0 Å². The number of aryl methyl sites for hydroxylation is 1. The zero-order chi connectivity index (χ0) is 10.1. The fourth-order valence-corrected chi connectivity index (χ4v) is 1.91. The van der Waals surface area contributed by atoms with Gasteiger partial charge in [0.25, 0.3) is 0 Å². The van der Waals surface area contributed by atoms with Crippen molar-refractivity contribution in [3.63, 3.8) is 0 Å². The molecule has 0 spiro atoms. The summed E-state index contributed by atoms with van der Waals surface area (Å²) in [5.41, 5.74) is 7.08. The number of hydrogen-bond acceptors (Lipinski definition) is 2. The lowest BCUT2D eigenvalue weighted by Crippen LogP contribution is -2.20. The van der Waals surface area contributed by atoms with Crippen molar-refractivity contribution in [2.24, 2.45) is 5.73 Å². The Hall–Kier alpha value is -1.64. The largest absolute Gasteiger partial charge is 0.366 e. The average Bonchev–Trinajstić information content (AvgIpc) is 2.17. The fourth-order valence-electron chi connectivity index (χ4n) is 1.91. The Bertz CT molecular complexity index is 410. The van der Waals surface area contributed by atoms with E-state index in [-0.39, 0.29) is 5.78 Å². The molecule has 0 atom stereocenters. The third kappa shape index (κ3) is 1.31. The summed E-state index contributed by atoms with van der Waals surface area (Å²) in [6.07, 6.45) is 2.26. The van der Waals surface area contributed by atoms with E-state index in [0.29, 0.717) is 17.5 Å². The summed E-state index contributed by atoms with van der Waals surface area (Å²) in [6.45, 7) is 0.